The molecule has 18 nitrogen and oxygen atoms in total. The Morgan fingerprint density at radius 3 is 2.34 bits per heavy atom. The number of nitrogens with two attached hydrogens (primary N) is 2. The molecule has 2 aliphatic heterocycles. The molecule has 1 aromatic rings. The first-order chi connectivity index (χ1) is 32.0. The van der Waals surface area contributed by atoms with Crippen molar-refractivity contribution in [2.45, 2.75) is 110 Å². The minimum atomic E-state index is -1.02. The number of ether oxygens (including phenoxy) is 4. The average molecular weight is 934 g/mol. The normalized spacial score (nSPS) is 26.2. The van der Waals surface area contributed by atoms with Gasteiger partial charge in [-0.2, -0.15) is 0 Å². The molecule has 4 amide bonds. The van der Waals surface area contributed by atoms with Gasteiger partial charge in [0.25, 0.3) is 5.91 Å². The summed E-state index contributed by atoms with van der Waals surface area (Å²) in [6, 6.07) is 9.34. The van der Waals surface area contributed by atoms with E-state index in [1.807, 2.05) is 37.3 Å². The minimum absolute atomic E-state index is 0.0199. The largest absolute Gasteiger partial charge is 0.439 e. The smallest absolute Gasteiger partial charge is 0.411 e. The van der Waals surface area contributed by atoms with Crippen LogP contribution in [0.25, 0.3) is 0 Å². The van der Waals surface area contributed by atoms with Gasteiger partial charge in [0.2, 0.25) is 17.5 Å². The van der Waals surface area contributed by atoms with Crippen molar-refractivity contribution >= 4 is 41.3 Å². The molecule has 1 aromatic carbocycles. The first-order valence-corrected chi connectivity index (χ1v) is 23.1. The summed E-state index contributed by atoms with van der Waals surface area (Å²) in [6.07, 6.45) is 6.44. The Bertz CT molecular complexity index is 2030. The number of amides is 4. The van der Waals surface area contributed by atoms with Crippen molar-refractivity contribution in [3.63, 3.8) is 0 Å². The SMILES string of the molecule is CO[C@H]1/C=C\C=C(/C)C(=O)NC2=CC(=O)C(NCCN3CCN(C(=O)OC(N)CCCCCCC(=O)Nc4ccccc4)CC3)=C(C[C@@H](C)C[C@H](OC)[C@@H](O)[C@@H](C)/C=C(\C)[C@@H]1OC(N)=O)C2=O. The van der Waals surface area contributed by atoms with Crippen LogP contribution in [0.1, 0.15) is 79.1 Å². The van der Waals surface area contributed by atoms with Gasteiger partial charge in [-0.1, -0.05) is 69.2 Å². The first-order valence-electron chi connectivity index (χ1n) is 23.1. The molecule has 368 valence electrons. The zero-order valence-electron chi connectivity index (χ0n) is 39.8. The second-order valence-corrected chi connectivity index (χ2v) is 17.5. The lowest BCUT2D eigenvalue weighted by Gasteiger charge is -2.34. The molecule has 3 aliphatic rings. The van der Waals surface area contributed by atoms with Gasteiger partial charge in [-0.05, 0) is 69.6 Å². The van der Waals surface area contributed by atoms with Gasteiger partial charge in [0.15, 0.2) is 12.3 Å². The third-order valence-electron chi connectivity index (χ3n) is 12.1. The number of hydrogen-bond acceptors (Lipinski definition) is 14. The van der Waals surface area contributed by atoms with E-state index >= 15 is 0 Å². The lowest BCUT2D eigenvalue weighted by molar-refractivity contribution is -0.120. The number of unbranched alkanes of at least 4 members (excludes halogenated alkanes) is 3. The Labute approximate surface area is 394 Å². The van der Waals surface area contributed by atoms with Gasteiger partial charge in [-0.25, -0.2) is 9.59 Å². The second-order valence-electron chi connectivity index (χ2n) is 17.5. The molecule has 1 fully saturated rings. The molecule has 1 aliphatic carbocycles. The Morgan fingerprint density at radius 2 is 1.67 bits per heavy atom. The van der Waals surface area contributed by atoms with Crippen molar-refractivity contribution in [1.82, 2.24) is 20.4 Å². The summed E-state index contributed by atoms with van der Waals surface area (Å²) in [6.45, 7) is 9.73. The summed E-state index contributed by atoms with van der Waals surface area (Å²) in [7, 11) is 2.91. The van der Waals surface area contributed by atoms with Crippen LogP contribution in [0.4, 0.5) is 15.3 Å². The molecule has 1 saturated heterocycles. The maximum atomic E-state index is 14.1. The fourth-order valence-electron chi connectivity index (χ4n) is 8.26. The van der Waals surface area contributed by atoms with Crippen molar-refractivity contribution in [1.29, 1.82) is 0 Å². The zero-order chi connectivity index (χ0) is 49.0. The number of benzene rings is 1. The van der Waals surface area contributed by atoms with E-state index in [0.717, 1.165) is 37.4 Å². The number of primary amides is 1. The number of rotatable bonds is 16. The Hall–Kier alpha value is -5.66. The Kier molecular flexibility index (Phi) is 21.9. The standard InChI is InChI=1S/C49H71N7O11/c1-31-27-36-43(52-21-22-55-23-25-56(26-24-55)49(63)66-41(50)19-12-7-8-13-20-42(58)53-35-16-10-9-11-17-35)38(57)30-37(45(36)60)54-47(61)32(2)15-14-18-39(64-5)46(67-48(51)62)34(4)29-33(3)44(59)40(28-31)65-6/h9-11,14-18,29-31,33,39-41,44,46,52,59H,7-8,12-13,19-28,50H2,1-6H3,(H2,51,62)(H,53,58)(H,54,61)/b18-14-,32-15+,34-29+/t31-,33+,39+,40+,41?,44+,46+/m1/s1. The Balaban J connectivity index is 1.34. The number of aliphatic hydroxyl groups excluding tert-OH is 1. The molecule has 2 bridgehead atoms. The molecule has 0 spiro atoms. The van der Waals surface area contributed by atoms with E-state index in [9.17, 15) is 33.9 Å². The molecular weight excluding hydrogens is 863 g/mol. The van der Waals surface area contributed by atoms with Crippen LogP contribution in [0.2, 0.25) is 0 Å². The van der Waals surface area contributed by atoms with Crippen LogP contribution in [0.15, 0.2) is 88.8 Å². The predicted molar refractivity (Wildman–Crippen MR) is 253 cm³/mol. The van der Waals surface area contributed by atoms with Crippen molar-refractivity contribution in [2.24, 2.45) is 23.3 Å². The molecule has 7 atom stereocenters. The fraction of sp³-hybridized carbons (Fsp3) is 0.551. The van der Waals surface area contributed by atoms with Gasteiger partial charge in [0.1, 0.15) is 6.10 Å². The minimum Gasteiger partial charge on any atom is -0.439 e. The van der Waals surface area contributed by atoms with E-state index in [4.69, 9.17) is 30.4 Å². The van der Waals surface area contributed by atoms with E-state index in [-0.39, 0.29) is 40.8 Å². The highest BCUT2D eigenvalue weighted by Gasteiger charge is 2.34. The van der Waals surface area contributed by atoms with Crippen molar-refractivity contribution in [2.75, 3.05) is 58.8 Å². The highest BCUT2D eigenvalue weighted by molar-refractivity contribution is 6.23. The van der Waals surface area contributed by atoms with Crippen LogP contribution in [-0.4, -0.2) is 135 Å². The van der Waals surface area contributed by atoms with Gasteiger partial charge in [0.05, 0.1) is 23.6 Å². The number of methoxy groups -OCH3 is 2. The monoisotopic (exact) mass is 934 g/mol. The number of anilines is 1. The van der Waals surface area contributed by atoms with Crippen LogP contribution >= 0.6 is 0 Å². The van der Waals surface area contributed by atoms with Crippen LogP contribution in [0.3, 0.4) is 0 Å². The highest BCUT2D eigenvalue weighted by atomic mass is 16.6. The number of hydrogen-bond donors (Lipinski definition) is 6. The lowest BCUT2D eigenvalue weighted by Crippen LogP contribution is -2.51. The number of carbonyl (C=O) groups excluding carboxylic acids is 6. The number of para-hydroxylation sites is 1. The maximum absolute atomic E-state index is 14.1. The summed E-state index contributed by atoms with van der Waals surface area (Å²) in [5.41, 5.74) is 13.3. The van der Waals surface area contributed by atoms with E-state index in [1.165, 1.54) is 20.3 Å². The van der Waals surface area contributed by atoms with Crippen LogP contribution in [0, 0.1) is 11.8 Å². The van der Waals surface area contributed by atoms with E-state index in [1.54, 1.807) is 43.9 Å². The van der Waals surface area contributed by atoms with Gasteiger partial charge >= 0.3 is 12.2 Å². The van der Waals surface area contributed by atoms with E-state index < -0.39 is 66.2 Å². The quantitative estimate of drug-likeness (QED) is 0.0583. The van der Waals surface area contributed by atoms with Crippen molar-refractivity contribution in [3.05, 3.63) is 88.8 Å². The van der Waals surface area contributed by atoms with Crippen LogP contribution in [0.5, 0.6) is 0 Å². The maximum Gasteiger partial charge on any atom is 0.411 e. The zero-order valence-corrected chi connectivity index (χ0v) is 39.8. The molecule has 0 saturated carbocycles. The molecule has 8 N–H and O–H groups in total. The summed E-state index contributed by atoms with van der Waals surface area (Å²) < 4.78 is 22.3. The number of allylic oxidation sites excluding steroid dienone is 4. The lowest BCUT2D eigenvalue weighted by atomic mass is 9.85. The predicted octanol–water partition coefficient (Wildman–Crippen LogP) is 4.37. The first kappa shape index (κ1) is 54.0. The van der Waals surface area contributed by atoms with Gasteiger partial charge in [-0.3, -0.25) is 29.8 Å². The summed E-state index contributed by atoms with van der Waals surface area (Å²) in [5.74, 6) is -2.38. The van der Waals surface area contributed by atoms with Crippen LogP contribution < -0.4 is 27.4 Å². The summed E-state index contributed by atoms with van der Waals surface area (Å²) in [5, 5.41) is 20.2. The third-order valence-corrected chi connectivity index (χ3v) is 12.1. The molecule has 18 heteroatoms. The number of piperazine rings is 1. The van der Waals surface area contributed by atoms with Gasteiger partial charge in [0, 0.05) is 88.7 Å². The molecular formula is C49H71N7O11. The summed E-state index contributed by atoms with van der Waals surface area (Å²) in [4.78, 5) is 82.0. The number of carbonyl (C=O) groups is 6. The number of ketones is 2. The highest BCUT2D eigenvalue weighted by Crippen LogP contribution is 2.29. The van der Waals surface area contributed by atoms with Gasteiger partial charge < -0.3 is 50.6 Å². The summed E-state index contributed by atoms with van der Waals surface area (Å²) >= 11 is 0. The molecule has 4 rings (SSSR count). The van der Waals surface area contributed by atoms with E-state index in [0.29, 0.717) is 64.1 Å². The van der Waals surface area contributed by atoms with E-state index in [2.05, 4.69) is 20.9 Å². The van der Waals surface area contributed by atoms with Crippen LogP contribution in [-0.2, 0) is 38.1 Å². The topological polar surface area (TPSA) is 254 Å². The third kappa shape index (κ3) is 17.2. The number of fused-ring (bicyclic) bond motifs is 2. The number of nitrogens with zero attached hydrogens (tertiary/aromatic N) is 2. The second kappa shape index (κ2) is 27.2. The number of nitrogens with one attached hydrogen (secondary N) is 3. The Morgan fingerprint density at radius 1 is 0.970 bits per heavy atom. The molecule has 67 heavy (non-hydrogen) atoms. The molecule has 1 unspecified atom stereocenters. The molecule has 0 aromatic heterocycles. The number of Topliss-reactive ketones (excluding diaryl/α,β-unsaturated/α-hetero) is 1. The number of aliphatic hydroxyl groups is 1. The van der Waals surface area contributed by atoms with Crippen molar-refractivity contribution < 1.29 is 52.8 Å². The van der Waals surface area contributed by atoms with Crippen molar-refractivity contribution in [3.8, 4) is 0 Å². The fourth-order valence-corrected chi connectivity index (χ4v) is 8.26. The molecule has 0 radical (unpaired) electrons. The van der Waals surface area contributed by atoms with Gasteiger partial charge in [-0.15, -0.1) is 0 Å². The molecule has 2 heterocycles. The average Bonchev–Trinajstić information content (AvgIpc) is 3.29.